The topological polar surface area (TPSA) is 53.4 Å². The van der Waals surface area contributed by atoms with Crippen molar-refractivity contribution in [3.63, 3.8) is 0 Å². The van der Waals surface area contributed by atoms with Gasteiger partial charge in [0.15, 0.2) is 0 Å². The van der Waals surface area contributed by atoms with Crippen molar-refractivity contribution in [1.29, 1.82) is 0 Å². The number of carbonyl (C=O) groups excluding carboxylic acids is 1. The van der Waals surface area contributed by atoms with Crippen LogP contribution in [-0.4, -0.2) is 40.6 Å². The van der Waals surface area contributed by atoms with Gasteiger partial charge in [0, 0.05) is 43.6 Å². The third kappa shape index (κ3) is 2.64. The Morgan fingerprint density at radius 3 is 2.94 bits per heavy atom. The lowest BCUT2D eigenvalue weighted by Gasteiger charge is -2.34. The minimum atomic E-state index is 0.0521. The van der Waals surface area contributed by atoms with Crippen LogP contribution in [0.5, 0.6) is 0 Å². The molecule has 1 aromatic rings. The molecule has 4 heteroatoms. The molecule has 4 nitrogen and oxygen atoms in total. The molecule has 0 aromatic carbocycles. The summed E-state index contributed by atoms with van der Waals surface area (Å²) in [5, 5.41) is 8.86. The molecule has 1 N–H and O–H groups in total. The second-order valence-electron chi connectivity index (χ2n) is 4.51. The van der Waals surface area contributed by atoms with E-state index in [0.717, 1.165) is 18.5 Å². The average Bonchev–Trinajstić information content (AvgIpc) is 2.26. The van der Waals surface area contributed by atoms with Crippen molar-refractivity contribution < 1.29 is 9.90 Å². The summed E-state index contributed by atoms with van der Waals surface area (Å²) in [6, 6.07) is 3.91. The summed E-state index contributed by atoms with van der Waals surface area (Å²) in [6.45, 7) is 0.0586. The number of hydrogen-bond acceptors (Lipinski definition) is 3. The summed E-state index contributed by atoms with van der Waals surface area (Å²) in [5.41, 5.74) is 1.43. The average molecular weight is 234 g/mol. The SMILES string of the molecule is CN(C(=O)c1ccnc(CCO)c1)C1CCC1. The molecule has 0 spiro atoms. The number of pyridine rings is 1. The van der Waals surface area contributed by atoms with Crippen LogP contribution in [0.3, 0.4) is 0 Å². The van der Waals surface area contributed by atoms with Gasteiger partial charge in [-0.3, -0.25) is 9.78 Å². The third-order valence-corrected chi connectivity index (χ3v) is 3.37. The molecule has 0 radical (unpaired) electrons. The first kappa shape index (κ1) is 12.0. The summed E-state index contributed by atoms with van der Waals surface area (Å²) in [7, 11) is 1.86. The second kappa shape index (κ2) is 5.27. The second-order valence-corrected chi connectivity index (χ2v) is 4.51. The normalized spacial score (nSPS) is 15.4. The monoisotopic (exact) mass is 234 g/mol. The van der Waals surface area contributed by atoms with Crippen LogP contribution in [0.25, 0.3) is 0 Å². The van der Waals surface area contributed by atoms with E-state index in [1.54, 1.807) is 18.3 Å². The fourth-order valence-corrected chi connectivity index (χ4v) is 2.01. The molecule has 0 saturated heterocycles. The van der Waals surface area contributed by atoms with Crippen molar-refractivity contribution in [2.75, 3.05) is 13.7 Å². The maximum absolute atomic E-state index is 12.2. The van der Waals surface area contributed by atoms with E-state index in [0.29, 0.717) is 18.0 Å². The third-order valence-electron chi connectivity index (χ3n) is 3.37. The molecule has 0 bridgehead atoms. The van der Waals surface area contributed by atoms with Crippen LogP contribution in [-0.2, 0) is 6.42 Å². The molecule has 1 aliphatic rings. The van der Waals surface area contributed by atoms with E-state index < -0.39 is 0 Å². The Bertz CT molecular complexity index is 402. The molecule has 0 aliphatic heterocycles. The number of carbonyl (C=O) groups is 1. The van der Waals surface area contributed by atoms with Crippen LogP contribution in [0.4, 0.5) is 0 Å². The molecular formula is C13H18N2O2. The molecule has 1 fully saturated rings. The zero-order valence-electron chi connectivity index (χ0n) is 10.1. The molecule has 0 unspecified atom stereocenters. The van der Waals surface area contributed by atoms with Gasteiger partial charge in [-0.15, -0.1) is 0 Å². The van der Waals surface area contributed by atoms with Crippen LogP contribution in [0.15, 0.2) is 18.3 Å². The van der Waals surface area contributed by atoms with Gasteiger partial charge in [-0.05, 0) is 31.4 Å². The highest BCUT2D eigenvalue weighted by Gasteiger charge is 2.26. The lowest BCUT2D eigenvalue weighted by Crippen LogP contribution is -2.41. The Morgan fingerprint density at radius 1 is 1.59 bits per heavy atom. The van der Waals surface area contributed by atoms with Crippen LogP contribution >= 0.6 is 0 Å². The Morgan fingerprint density at radius 2 is 2.35 bits per heavy atom. The highest BCUT2D eigenvalue weighted by atomic mass is 16.3. The van der Waals surface area contributed by atoms with Gasteiger partial charge in [0.1, 0.15) is 0 Å². The van der Waals surface area contributed by atoms with Crippen molar-refractivity contribution in [3.8, 4) is 0 Å². The molecule has 1 aliphatic carbocycles. The van der Waals surface area contributed by atoms with E-state index >= 15 is 0 Å². The van der Waals surface area contributed by atoms with Crippen LogP contribution in [0.2, 0.25) is 0 Å². The van der Waals surface area contributed by atoms with Crippen molar-refractivity contribution in [3.05, 3.63) is 29.6 Å². The van der Waals surface area contributed by atoms with Gasteiger partial charge >= 0.3 is 0 Å². The summed E-state index contributed by atoms with van der Waals surface area (Å²) in [5.74, 6) is 0.0521. The molecule has 92 valence electrons. The maximum Gasteiger partial charge on any atom is 0.253 e. The highest BCUT2D eigenvalue weighted by molar-refractivity contribution is 5.94. The van der Waals surface area contributed by atoms with Crippen molar-refractivity contribution in [1.82, 2.24) is 9.88 Å². The lowest BCUT2D eigenvalue weighted by atomic mass is 9.91. The highest BCUT2D eigenvalue weighted by Crippen LogP contribution is 2.24. The molecule has 1 saturated carbocycles. The van der Waals surface area contributed by atoms with Gasteiger partial charge in [-0.1, -0.05) is 0 Å². The summed E-state index contributed by atoms with van der Waals surface area (Å²) in [6.07, 6.45) is 5.56. The number of nitrogens with zero attached hydrogens (tertiary/aromatic N) is 2. The standard InChI is InChI=1S/C13H18N2O2/c1-15(12-3-2-4-12)13(17)10-5-7-14-11(9-10)6-8-16/h5,7,9,12,16H,2-4,6,8H2,1H3. The first-order chi connectivity index (χ1) is 8.22. The Balaban J connectivity index is 2.09. The fraction of sp³-hybridized carbons (Fsp3) is 0.538. The Hall–Kier alpha value is -1.42. The molecule has 1 aromatic heterocycles. The molecule has 1 amide bonds. The van der Waals surface area contributed by atoms with E-state index in [-0.39, 0.29) is 12.5 Å². The molecule has 0 atom stereocenters. The van der Waals surface area contributed by atoms with Crippen molar-refractivity contribution >= 4 is 5.91 Å². The largest absolute Gasteiger partial charge is 0.396 e. The van der Waals surface area contributed by atoms with E-state index in [2.05, 4.69) is 4.98 Å². The molecule has 2 rings (SSSR count). The van der Waals surface area contributed by atoms with Crippen LogP contribution in [0, 0.1) is 0 Å². The lowest BCUT2D eigenvalue weighted by molar-refractivity contribution is 0.0651. The number of hydrogen-bond donors (Lipinski definition) is 1. The molecule has 1 heterocycles. The zero-order chi connectivity index (χ0) is 12.3. The number of aromatic nitrogens is 1. The van der Waals surface area contributed by atoms with Crippen LogP contribution < -0.4 is 0 Å². The predicted molar refractivity (Wildman–Crippen MR) is 64.8 cm³/mol. The first-order valence-corrected chi connectivity index (χ1v) is 6.05. The molecular weight excluding hydrogens is 216 g/mol. The predicted octanol–water partition coefficient (Wildman–Crippen LogP) is 1.24. The van der Waals surface area contributed by atoms with E-state index in [9.17, 15) is 4.79 Å². The molecule has 17 heavy (non-hydrogen) atoms. The number of amides is 1. The number of aliphatic hydroxyl groups excluding tert-OH is 1. The van der Waals surface area contributed by atoms with Gasteiger partial charge in [0.2, 0.25) is 0 Å². The smallest absolute Gasteiger partial charge is 0.253 e. The maximum atomic E-state index is 12.2. The Kier molecular flexibility index (Phi) is 3.74. The first-order valence-electron chi connectivity index (χ1n) is 6.05. The quantitative estimate of drug-likeness (QED) is 0.852. The zero-order valence-corrected chi connectivity index (χ0v) is 10.1. The van der Waals surface area contributed by atoms with Gasteiger partial charge in [-0.25, -0.2) is 0 Å². The Labute approximate surface area is 101 Å². The van der Waals surface area contributed by atoms with Crippen LogP contribution in [0.1, 0.15) is 35.3 Å². The van der Waals surface area contributed by atoms with Gasteiger partial charge in [0.05, 0.1) is 0 Å². The van der Waals surface area contributed by atoms with E-state index in [1.165, 1.54) is 6.42 Å². The van der Waals surface area contributed by atoms with Crippen molar-refractivity contribution in [2.24, 2.45) is 0 Å². The number of rotatable bonds is 4. The van der Waals surface area contributed by atoms with Gasteiger partial charge in [-0.2, -0.15) is 0 Å². The minimum Gasteiger partial charge on any atom is -0.396 e. The van der Waals surface area contributed by atoms with Gasteiger partial charge < -0.3 is 10.0 Å². The summed E-state index contributed by atoms with van der Waals surface area (Å²) in [4.78, 5) is 18.1. The van der Waals surface area contributed by atoms with Crippen molar-refractivity contribution in [2.45, 2.75) is 31.7 Å². The summed E-state index contributed by atoms with van der Waals surface area (Å²) >= 11 is 0. The number of aliphatic hydroxyl groups is 1. The summed E-state index contributed by atoms with van der Waals surface area (Å²) < 4.78 is 0. The minimum absolute atomic E-state index is 0.0521. The van der Waals surface area contributed by atoms with E-state index in [1.807, 2.05) is 11.9 Å². The van der Waals surface area contributed by atoms with Gasteiger partial charge in [0.25, 0.3) is 5.91 Å². The fourth-order valence-electron chi connectivity index (χ4n) is 2.01. The van der Waals surface area contributed by atoms with E-state index in [4.69, 9.17) is 5.11 Å².